The van der Waals surface area contributed by atoms with Crippen LogP contribution >= 0.6 is 0 Å². The van der Waals surface area contributed by atoms with Gasteiger partial charge in [0.15, 0.2) is 0 Å². The van der Waals surface area contributed by atoms with Crippen LogP contribution in [-0.4, -0.2) is 44.8 Å². The van der Waals surface area contributed by atoms with Crippen molar-refractivity contribution in [2.75, 3.05) is 39.9 Å². The Morgan fingerprint density at radius 1 is 1.25 bits per heavy atom. The lowest BCUT2D eigenvalue weighted by Crippen LogP contribution is -2.23. The molecule has 0 rings (SSSR count). The Hall–Kier alpha value is -0.120. The summed E-state index contributed by atoms with van der Waals surface area (Å²) in [4.78, 5) is 2.30. The van der Waals surface area contributed by atoms with Crippen molar-refractivity contribution < 1.29 is 4.74 Å². The van der Waals surface area contributed by atoms with E-state index in [1.54, 1.807) is 0 Å². The van der Waals surface area contributed by atoms with Crippen LogP contribution in [0.25, 0.3) is 0 Å². The van der Waals surface area contributed by atoms with Gasteiger partial charge in [0.1, 0.15) is 0 Å². The van der Waals surface area contributed by atoms with Crippen LogP contribution in [0.4, 0.5) is 0 Å². The van der Waals surface area contributed by atoms with Crippen molar-refractivity contribution in [1.82, 2.24) is 4.90 Å². The molecule has 0 spiro atoms. The maximum atomic E-state index is 5.40. The smallest absolute Gasteiger partial charge is 0.0478 e. The van der Waals surface area contributed by atoms with E-state index in [0.29, 0.717) is 0 Å². The fourth-order valence-corrected chi connectivity index (χ4v) is 1.05. The van der Waals surface area contributed by atoms with Crippen LogP contribution in [0.1, 0.15) is 19.8 Å². The van der Waals surface area contributed by atoms with Crippen molar-refractivity contribution in [3.05, 3.63) is 0 Å². The fraction of sp³-hybridized carbons (Fsp3) is 1.00. The minimum Gasteiger partial charge on any atom is -0.382 e. The van der Waals surface area contributed by atoms with Gasteiger partial charge in [-0.2, -0.15) is 0 Å². The molecule has 0 atom stereocenters. The Kier molecular flexibility index (Phi) is 8.88. The normalized spacial score (nSPS) is 11.0. The molecule has 0 aromatic heterocycles. The van der Waals surface area contributed by atoms with Crippen LogP contribution in [0.2, 0.25) is 0 Å². The number of ether oxygens (including phenoxy) is 1. The van der Waals surface area contributed by atoms with E-state index in [1.165, 1.54) is 0 Å². The molecule has 0 aliphatic carbocycles. The lowest BCUT2D eigenvalue weighted by atomic mass is 10.3. The monoisotopic (exact) mass is 174 g/mol. The summed E-state index contributed by atoms with van der Waals surface area (Å²) in [5, 5.41) is 0. The Balaban J connectivity index is 3.02. The van der Waals surface area contributed by atoms with Crippen molar-refractivity contribution in [3.8, 4) is 0 Å². The number of rotatable bonds is 8. The molecule has 0 saturated heterocycles. The second kappa shape index (κ2) is 8.97. The third kappa shape index (κ3) is 7.98. The summed E-state index contributed by atoms with van der Waals surface area (Å²) in [6.07, 6.45) is 2.21. The predicted molar refractivity (Wildman–Crippen MR) is 52.3 cm³/mol. The molecule has 0 aromatic carbocycles. The maximum absolute atomic E-state index is 5.40. The molecule has 0 aliphatic heterocycles. The number of nitrogens with zero attached hydrogens (tertiary/aromatic N) is 1. The first kappa shape index (κ1) is 11.9. The molecule has 0 aromatic rings. The van der Waals surface area contributed by atoms with Crippen LogP contribution in [-0.2, 0) is 4.74 Å². The molecule has 3 nitrogen and oxygen atoms in total. The molecule has 3 heteroatoms. The van der Waals surface area contributed by atoms with E-state index in [0.717, 1.165) is 45.7 Å². The Morgan fingerprint density at radius 3 is 2.50 bits per heavy atom. The van der Waals surface area contributed by atoms with Crippen LogP contribution in [0.3, 0.4) is 0 Å². The van der Waals surface area contributed by atoms with Gasteiger partial charge in [-0.25, -0.2) is 0 Å². The number of hydrogen-bond donors (Lipinski definition) is 1. The third-order valence-corrected chi connectivity index (χ3v) is 1.78. The first-order valence-electron chi connectivity index (χ1n) is 4.77. The van der Waals surface area contributed by atoms with E-state index in [4.69, 9.17) is 10.5 Å². The lowest BCUT2D eigenvalue weighted by molar-refractivity contribution is 0.135. The van der Waals surface area contributed by atoms with Gasteiger partial charge in [-0.05, 0) is 39.9 Å². The molecule has 0 amide bonds. The van der Waals surface area contributed by atoms with Gasteiger partial charge >= 0.3 is 0 Å². The Morgan fingerprint density at radius 2 is 1.92 bits per heavy atom. The largest absolute Gasteiger partial charge is 0.382 e. The van der Waals surface area contributed by atoms with Gasteiger partial charge in [0.05, 0.1) is 0 Å². The highest BCUT2D eigenvalue weighted by atomic mass is 16.5. The minimum atomic E-state index is 0.788. The SMILES string of the molecule is CCOCCCN(C)CCCN. The summed E-state index contributed by atoms with van der Waals surface area (Å²) >= 11 is 0. The average molecular weight is 174 g/mol. The zero-order valence-electron chi connectivity index (χ0n) is 8.38. The second-order valence-electron chi connectivity index (χ2n) is 3.00. The van der Waals surface area contributed by atoms with E-state index in [-0.39, 0.29) is 0 Å². The second-order valence-corrected chi connectivity index (χ2v) is 3.00. The summed E-state index contributed by atoms with van der Waals surface area (Å²) in [5.41, 5.74) is 5.40. The summed E-state index contributed by atoms with van der Waals surface area (Å²) < 4.78 is 5.24. The zero-order chi connectivity index (χ0) is 9.23. The molecule has 0 bridgehead atoms. The van der Waals surface area contributed by atoms with Crippen LogP contribution in [0, 0.1) is 0 Å². The van der Waals surface area contributed by atoms with Gasteiger partial charge < -0.3 is 15.4 Å². The summed E-state index contributed by atoms with van der Waals surface area (Å²) in [7, 11) is 2.13. The van der Waals surface area contributed by atoms with Crippen molar-refractivity contribution in [2.24, 2.45) is 5.73 Å². The molecule has 0 heterocycles. The molecule has 0 unspecified atom stereocenters. The van der Waals surface area contributed by atoms with Gasteiger partial charge in [-0.15, -0.1) is 0 Å². The van der Waals surface area contributed by atoms with Gasteiger partial charge in [0, 0.05) is 19.8 Å². The van der Waals surface area contributed by atoms with Crippen LogP contribution in [0.15, 0.2) is 0 Å². The fourth-order valence-electron chi connectivity index (χ4n) is 1.05. The summed E-state index contributed by atoms with van der Waals surface area (Å²) in [6, 6.07) is 0. The van der Waals surface area contributed by atoms with E-state index in [2.05, 4.69) is 11.9 Å². The van der Waals surface area contributed by atoms with E-state index >= 15 is 0 Å². The van der Waals surface area contributed by atoms with Crippen molar-refractivity contribution in [2.45, 2.75) is 19.8 Å². The highest BCUT2D eigenvalue weighted by Gasteiger charge is 1.96. The predicted octanol–water partition coefficient (Wildman–Crippen LogP) is 0.694. The molecule has 0 fully saturated rings. The quantitative estimate of drug-likeness (QED) is 0.550. The zero-order valence-corrected chi connectivity index (χ0v) is 8.38. The molecule has 74 valence electrons. The summed E-state index contributed by atoms with van der Waals surface area (Å²) in [5.74, 6) is 0. The highest BCUT2D eigenvalue weighted by Crippen LogP contribution is 1.90. The van der Waals surface area contributed by atoms with E-state index in [1.807, 2.05) is 6.92 Å². The molecule has 12 heavy (non-hydrogen) atoms. The third-order valence-electron chi connectivity index (χ3n) is 1.78. The van der Waals surface area contributed by atoms with Crippen molar-refractivity contribution in [1.29, 1.82) is 0 Å². The highest BCUT2D eigenvalue weighted by molar-refractivity contribution is 4.51. The molecular formula is C9H22N2O. The van der Waals surface area contributed by atoms with Crippen LogP contribution < -0.4 is 5.73 Å². The molecule has 2 N–H and O–H groups in total. The standard InChI is InChI=1S/C9H22N2O/c1-3-12-9-5-8-11(2)7-4-6-10/h3-10H2,1-2H3. The van der Waals surface area contributed by atoms with E-state index in [9.17, 15) is 0 Å². The van der Waals surface area contributed by atoms with Gasteiger partial charge in [-0.3, -0.25) is 0 Å². The topological polar surface area (TPSA) is 38.5 Å². The molecule has 0 aliphatic rings. The number of hydrogen-bond acceptors (Lipinski definition) is 3. The van der Waals surface area contributed by atoms with Gasteiger partial charge in [-0.1, -0.05) is 0 Å². The van der Waals surface area contributed by atoms with Gasteiger partial charge in [0.2, 0.25) is 0 Å². The number of nitrogens with two attached hydrogens (primary N) is 1. The molecule has 0 saturated carbocycles. The van der Waals surface area contributed by atoms with Crippen molar-refractivity contribution in [3.63, 3.8) is 0 Å². The Labute approximate surface area is 75.9 Å². The summed E-state index contributed by atoms with van der Waals surface area (Å²) in [6.45, 7) is 6.73. The average Bonchev–Trinajstić information content (AvgIpc) is 2.09. The first-order chi connectivity index (χ1) is 5.81. The van der Waals surface area contributed by atoms with E-state index < -0.39 is 0 Å². The molecule has 0 radical (unpaired) electrons. The van der Waals surface area contributed by atoms with Crippen LogP contribution in [0.5, 0.6) is 0 Å². The van der Waals surface area contributed by atoms with Crippen molar-refractivity contribution >= 4 is 0 Å². The maximum Gasteiger partial charge on any atom is 0.0478 e. The Bertz CT molecular complexity index is 88.6. The molecular weight excluding hydrogens is 152 g/mol. The van der Waals surface area contributed by atoms with Gasteiger partial charge in [0.25, 0.3) is 0 Å². The minimum absolute atomic E-state index is 0.788. The lowest BCUT2D eigenvalue weighted by Gasteiger charge is -2.15. The first-order valence-corrected chi connectivity index (χ1v) is 4.77.